The number of hydrogen-bond acceptors (Lipinski definition) is 8. The van der Waals surface area contributed by atoms with Crippen molar-refractivity contribution in [2.45, 2.75) is 10.1 Å². The highest BCUT2D eigenvalue weighted by atomic mass is 32.2. The van der Waals surface area contributed by atoms with Crippen LogP contribution in [0.3, 0.4) is 0 Å². The van der Waals surface area contributed by atoms with Gasteiger partial charge in [-0.1, -0.05) is 12.1 Å². The number of carbonyl (C=O) groups excluding carboxylic acids is 1. The molecule has 0 unspecified atom stereocenters. The molecular weight excluding hydrogens is 408 g/mol. The van der Waals surface area contributed by atoms with Gasteiger partial charge in [-0.3, -0.25) is 14.9 Å². The minimum atomic E-state index is -0.468. The number of aryl methyl sites for hydroxylation is 1. The number of methoxy groups -OCH3 is 2. The summed E-state index contributed by atoms with van der Waals surface area (Å²) in [5.41, 5.74) is 0.794. The molecule has 0 aliphatic carbocycles. The molecule has 0 saturated heterocycles. The topological polar surface area (TPSA) is 109 Å². The first-order chi connectivity index (χ1) is 14.4. The molecule has 0 amide bonds. The Labute approximate surface area is 176 Å². The Hall–Kier alpha value is -3.66. The number of ether oxygens (including phenoxy) is 2. The van der Waals surface area contributed by atoms with E-state index >= 15 is 0 Å². The quantitative estimate of drug-likeness (QED) is 0.232. The van der Waals surface area contributed by atoms with Crippen LogP contribution in [-0.2, 0) is 7.05 Å². The Bertz CT molecular complexity index is 1130. The number of hydrogen-bond donors (Lipinski definition) is 0. The van der Waals surface area contributed by atoms with Crippen LogP contribution in [0.5, 0.6) is 11.5 Å². The number of nitro benzene ring substituents is 1. The smallest absolute Gasteiger partial charge is 0.283 e. The third-order valence-corrected chi connectivity index (χ3v) is 5.27. The highest BCUT2D eigenvalue weighted by Gasteiger charge is 2.17. The zero-order valence-corrected chi connectivity index (χ0v) is 17.3. The van der Waals surface area contributed by atoms with E-state index in [1.165, 1.54) is 38.8 Å². The molecule has 0 bridgehead atoms. The fourth-order valence-corrected chi connectivity index (χ4v) is 3.44. The second-order valence-electron chi connectivity index (χ2n) is 6.07. The van der Waals surface area contributed by atoms with E-state index in [9.17, 15) is 14.9 Å². The Kier molecular flexibility index (Phi) is 6.48. The maximum absolute atomic E-state index is 12.6. The summed E-state index contributed by atoms with van der Waals surface area (Å²) in [7, 11) is 4.74. The van der Waals surface area contributed by atoms with Gasteiger partial charge in [0, 0.05) is 19.2 Å². The molecule has 154 valence electrons. The number of benzene rings is 2. The van der Waals surface area contributed by atoms with E-state index < -0.39 is 4.92 Å². The predicted octanol–water partition coefficient (Wildman–Crippen LogP) is 3.79. The lowest BCUT2D eigenvalue weighted by molar-refractivity contribution is -0.387. The summed E-state index contributed by atoms with van der Waals surface area (Å²) in [4.78, 5) is 24.0. The Morgan fingerprint density at radius 2 is 2.00 bits per heavy atom. The van der Waals surface area contributed by atoms with Gasteiger partial charge >= 0.3 is 0 Å². The number of aromatic nitrogens is 3. The molecule has 0 spiro atoms. The summed E-state index contributed by atoms with van der Waals surface area (Å²) in [6, 6.07) is 9.61. The van der Waals surface area contributed by atoms with E-state index in [2.05, 4.69) is 10.2 Å². The molecule has 0 aliphatic heterocycles. The van der Waals surface area contributed by atoms with Gasteiger partial charge < -0.3 is 14.0 Å². The van der Waals surface area contributed by atoms with Crippen molar-refractivity contribution in [2.24, 2.45) is 7.05 Å². The summed E-state index contributed by atoms with van der Waals surface area (Å²) in [5, 5.41) is 19.7. The molecule has 1 aromatic heterocycles. The van der Waals surface area contributed by atoms with Crippen molar-refractivity contribution in [1.29, 1.82) is 0 Å². The van der Waals surface area contributed by atoms with Crippen LogP contribution in [0.4, 0.5) is 5.69 Å². The van der Waals surface area contributed by atoms with E-state index in [0.29, 0.717) is 32.7 Å². The standard InChI is InChI=1S/C20H18N4O5S/c1-23-12-21-22-20(23)30-19-9-5-13(10-16(19)24(26)27)4-8-17(25)15-7-6-14(28-2)11-18(15)29-3/h4-12H,1-3H3/b8-4+. The SMILES string of the molecule is COc1ccc(C(=O)/C=C/c2ccc(Sc3nncn3C)c([N+](=O)[O-])c2)c(OC)c1. The van der Waals surface area contributed by atoms with Crippen molar-refractivity contribution in [2.75, 3.05) is 14.2 Å². The van der Waals surface area contributed by atoms with Gasteiger partial charge in [0.1, 0.15) is 17.8 Å². The number of nitro groups is 1. The predicted molar refractivity (Wildman–Crippen MR) is 111 cm³/mol. The fourth-order valence-electron chi connectivity index (χ4n) is 2.59. The normalized spacial score (nSPS) is 10.9. The van der Waals surface area contributed by atoms with Crippen molar-refractivity contribution in [3.63, 3.8) is 0 Å². The van der Waals surface area contributed by atoms with Gasteiger partial charge in [-0.25, -0.2) is 0 Å². The maximum Gasteiger partial charge on any atom is 0.283 e. The average Bonchev–Trinajstić information content (AvgIpc) is 3.16. The monoisotopic (exact) mass is 426 g/mol. The third-order valence-electron chi connectivity index (χ3n) is 4.15. The zero-order chi connectivity index (χ0) is 21.7. The molecule has 2 aromatic carbocycles. The van der Waals surface area contributed by atoms with E-state index in [-0.39, 0.29) is 11.5 Å². The van der Waals surface area contributed by atoms with Crippen LogP contribution in [-0.4, -0.2) is 39.7 Å². The highest BCUT2D eigenvalue weighted by molar-refractivity contribution is 7.99. The Morgan fingerprint density at radius 1 is 1.20 bits per heavy atom. The van der Waals surface area contributed by atoms with Gasteiger partial charge in [0.2, 0.25) is 0 Å². The van der Waals surface area contributed by atoms with E-state index in [1.54, 1.807) is 41.9 Å². The van der Waals surface area contributed by atoms with Crippen molar-refractivity contribution >= 4 is 29.3 Å². The molecule has 1 heterocycles. The average molecular weight is 426 g/mol. The lowest BCUT2D eigenvalue weighted by Crippen LogP contribution is -1.99. The van der Waals surface area contributed by atoms with Gasteiger partial charge in [-0.2, -0.15) is 0 Å². The molecule has 0 saturated carbocycles. The Morgan fingerprint density at radius 3 is 2.63 bits per heavy atom. The number of carbonyl (C=O) groups is 1. The summed E-state index contributed by atoms with van der Waals surface area (Å²) < 4.78 is 12.0. The first kappa shape index (κ1) is 21.1. The molecule has 9 nitrogen and oxygen atoms in total. The second kappa shape index (κ2) is 9.23. The largest absolute Gasteiger partial charge is 0.497 e. The van der Waals surface area contributed by atoms with Crippen LogP contribution < -0.4 is 9.47 Å². The van der Waals surface area contributed by atoms with E-state index in [4.69, 9.17) is 9.47 Å². The van der Waals surface area contributed by atoms with Crippen LogP contribution in [0.15, 0.2) is 58.9 Å². The van der Waals surface area contributed by atoms with E-state index in [1.807, 2.05) is 0 Å². The van der Waals surface area contributed by atoms with Crippen LogP contribution in [0.1, 0.15) is 15.9 Å². The van der Waals surface area contributed by atoms with Crippen molar-refractivity contribution in [3.05, 3.63) is 70.0 Å². The second-order valence-corrected chi connectivity index (χ2v) is 7.08. The van der Waals surface area contributed by atoms with Gasteiger partial charge in [0.15, 0.2) is 10.9 Å². The number of allylic oxidation sites excluding steroid dienone is 1. The van der Waals surface area contributed by atoms with Crippen LogP contribution in [0.2, 0.25) is 0 Å². The lowest BCUT2D eigenvalue weighted by atomic mass is 10.1. The van der Waals surface area contributed by atoms with Crippen molar-refractivity contribution in [3.8, 4) is 11.5 Å². The number of ketones is 1. The van der Waals surface area contributed by atoms with Gasteiger partial charge in [-0.05, 0) is 41.6 Å². The van der Waals surface area contributed by atoms with Crippen molar-refractivity contribution in [1.82, 2.24) is 14.8 Å². The molecule has 3 rings (SSSR count). The number of rotatable bonds is 8. The first-order valence-electron chi connectivity index (χ1n) is 8.67. The molecule has 0 fully saturated rings. The van der Waals surface area contributed by atoms with Crippen LogP contribution in [0, 0.1) is 10.1 Å². The van der Waals surface area contributed by atoms with Gasteiger partial charge in [-0.15, -0.1) is 10.2 Å². The van der Waals surface area contributed by atoms with Crippen LogP contribution >= 0.6 is 11.8 Å². The molecule has 0 N–H and O–H groups in total. The summed E-state index contributed by atoms with van der Waals surface area (Å²) >= 11 is 1.14. The van der Waals surface area contributed by atoms with E-state index in [0.717, 1.165) is 11.8 Å². The zero-order valence-electron chi connectivity index (χ0n) is 16.4. The highest BCUT2D eigenvalue weighted by Crippen LogP contribution is 2.34. The van der Waals surface area contributed by atoms with Crippen molar-refractivity contribution < 1.29 is 19.2 Å². The minimum Gasteiger partial charge on any atom is -0.497 e. The molecule has 0 aliphatic rings. The minimum absolute atomic E-state index is 0.0837. The molecule has 3 aromatic rings. The molecular formula is C20H18N4O5S. The third kappa shape index (κ3) is 4.66. The van der Waals surface area contributed by atoms with Crippen LogP contribution in [0.25, 0.3) is 6.08 Å². The maximum atomic E-state index is 12.6. The Balaban J connectivity index is 1.85. The van der Waals surface area contributed by atoms with Gasteiger partial charge in [0.25, 0.3) is 5.69 Å². The van der Waals surface area contributed by atoms with Gasteiger partial charge in [0.05, 0.1) is 29.6 Å². The fraction of sp³-hybridized carbons (Fsp3) is 0.150. The number of nitrogens with zero attached hydrogens (tertiary/aromatic N) is 4. The summed E-state index contributed by atoms with van der Waals surface area (Å²) in [6.45, 7) is 0. The first-order valence-corrected chi connectivity index (χ1v) is 9.49. The molecule has 30 heavy (non-hydrogen) atoms. The summed E-state index contributed by atoms with van der Waals surface area (Å²) in [6.07, 6.45) is 4.39. The lowest BCUT2D eigenvalue weighted by Gasteiger charge is -2.08. The molecule has 0 radical (unpaired) electrons. The molecule has 0 atom stereocenters. The molecule has 10 heteroatoms. The summed E-state index contributed by atoms with van der Waals surface area (Å²) in [5.74, 6) is 0.652.